The van der Waals surface area contributed by atoms with Crippen LogP contribution >= 0.6 is 24.0 Å². The molecule has 3 aromatic carbocycles. The van der Waals surface area contributed by atoms with Crippen molar-refractivity contribution in [1.29, 1.82) is 0 Å². The fourth-order valence-electron chi connectivity index (χ4n) is 3.30. The number of thioether (sulfide) groups is 1. The fourth-order valence-corrected chi connectivity index (χ4v) is 4.56. The van der Waals surface area contributed by atoms with Gasteiger partial charge in [-0.2, -0.15) is 13.2 Å². The van der Waals surface area contributed by atoms with E-state index in [0.29, 0.717) is 16.2 Å². The Labute approximate surface area is 201 Å². The van der Waals surface area contributed by atoms with E-state index in [1.807, 2.05) is 30.3 Å². The molecule has 1 aliphatic heterocycles. The van der Waals surface area contributed by atoms with E-state index in [4.69, 9.17) is 22.1 Å². The lowest BCUT2D eigenvalue weighted by molar-refractivity contribution is -0.140. The third-order valence-electron chi connectivity index (χ3n) is 4.99. The molecule has 5 nitrogen and oxygen atoms in total. The quantitative estimate of drug-likeness (QED) is 0.343. The molecule has 0 radical (unpaired) electrons. The number of fused-ring (bicyclic) bond motifs is 1. The van der Waals surface area contributed by atoms with Crippen LogP contribution in [0.15, 0.2) is 65.6 Å². The van der Waals surface area contributed by atoms with Crippen LogP contribution in [0.4, 0.5) is 13.2 Å². The third-order valence-corrected chi connectivity index (χ3v) is 6.37. The second-order valence-electron chi connectivity index (χ2n) is 7.41. The number of aliphatic carboxylic acids is 1. The van der Waals surface area contributed by atoms with Crippen LogP contribution in [0.3, 0.4) is 0 Å². The molecule has 34 heavy (non-hydrogen) atoms. The highest BCUT2D eigenvalue weighted by atomic mass is 32.2. The van der Waals surface area contributed by atoms with Crippen LogP contribution in [0.25, 0.3) is 16.8 Å². The number of nitrogens with zero attached hydrogens (tertiary/aromatic N) is 1. The normalized spacial score (nSPS) is 15.4. The molecule has 3 aromatic rings. The molecule has 0 atom stereocenters. The van der Waals surface area contributed by atoms with Gasteiger partial charge >= 0.3 is 12.1 Å². The Balaban J connectivity index is 1.46. The standard InChI is InChI=1S/C24H16F3NO4S2/c25-24(26,27)18-6-2-14(3-7-18)13-32-19-8-5-16-9-15(1-4-17(16)11-19)10-20-22(31)28(12-21(29)30)23(33)34-20/h1-11H,12-13H2,(H,29,30)/b20-10-. The summed E-state index contributed by atoms with van der Waals surface area (Å²) in [4.78, 5) is 24.8. The first-order valence-corrected chi connectivity index (χ1v) is 11.1. The van der Waals surface area contributed by atoms with E-state index >= 15 is 0 Å². The number of alkyl halides is 3. The molecular weight excluding hydrogens is 487 g/mol. The van der Waals surface area contributed by atoms with Gasteiger partial charge in [0.05, 0.1) is 10.5 Å². The number of amides is 1. The summed E-state index contributed by atoms with van der Waals surface area (Å²) in [5.74, 6) is -1.01. The zero-order valence-corrected chi connectivity index (χ0v) is 19.0. The number of halogens is 3. The van der Waals surface area contributed by atoms with Gasteiger partial charge in [0.15, 0.2) is 0 Å². The van der Waals surface area contributed by atoms with Gasteiger partial charge in [-0.05, 0) is 58.3 Å². The number of rotatable bonds is 6. The molecule has 1 fully saturated rings. The zero-order chi connectivity index (χ0) is 24.5. The number of carboxylic acids is 1. The van der Waals surface area contributed by atoms with Crippen molar-refractivity contribution < 1.29 is 32.6 Å². The van der Waals surface area contributed by atoms with Gasteiger partial charge in [-0.15, -0.1) is 0 Å². The second-order valence-corrected chi connectivity index (χ2v) is 9.09. The van der Waals surface area contributed by atoms with Gasteiger partial charge in [-0.1, -0.05) is 54.3 Å². The molecule has 0 bridgehead atoms. The lowest BCUT2D eigenvalue weighted by Crippen LogP contribution is -2.33. The molecule has 0 unspecified atom stereocenters. The van der Waals surface area contributed by atoms with Gasteiger partial charge in [0.25, 0.3) is 5.91 Å². The Hall–Kier alpha value is -3.37. The first-order chi connectivity index (χ1) is 16.1. The Bertz CT molecular complexity index is 1320. The smallest absolute Gasteiger partial charge is 0.416 e. The van der Waals surface area contributed by atoms with Crippen molar-refractivity contribution in [2.24, 2.45) is 0 Å². The van der Waals surface area contributed by atoms with Crippen LogP contribution in [0.5, 0.6) is 5.75 Å². The van der Waals surface area contributed by atoms with Crippen molar-refractivity contribution in [3.63, 3.8) is 0 Å². The average molecular weight is 504 g/mol. The molecule has 10 heteroatoms. The SMILES string of the molecule is O=C(O)CN1C(=O)/C(=C/c2ccc3cc(OCc4ccc(C(F)(F)F)cc4)ccc3c2)SC1=S. The van der Waals surface area contributed by atoms with Crippen LogP contribution in [0, 0.1) is 0 Å². The van der Waals surface area contributed by atoms with Gasteiger partial charge in [0.1, 0.15) is 23.2 Å². The molecule has 0 spiro atoms. The first-order valence-electron chi connectivity index (χ1n) is 9.90. The number of hydrogen-bond acceptors (Lipinski definition) is 5. The van der Waals surface area contributed by atoms with E-state index < -0.39 is 30.2 Å². The predicted molar refractivity (Wildman–Crippen MR) is 127 cm³/mol. The van der Waals surface area contributed by atoms with E-state index in [-0.39, 0.29) is 10.9 Å². The Morgan fingerprint density at radius 3 is 2.41 bits per heavy atom. The largest absolute Gasteiger partial charge is 0.489 e. The first kappa shape index (κ1) is 23.8. The molecule has 1 saturated heterocycles. The summed E-state index contributed by atoms with van der Waals surface area (Å²) in [6.45, 7) is -0.352. The van der Waals surface area contributed by atoms with Crippen molar-refractivity contribution in [1.82, 2.24) is 4.90 Å². The minimum Gasteiger partial charge on any atom is -0.489 e. The van der Waals surface area contributed by atoms with Crippen molar-refractivity contribution >= 4 is 57.0 Å². The maximum atomic E-state index is 12.7. The highest BCUT2D eigenvalue weighted by Gasteiger charge is 2.33. The van der Waals surface area contributed by atoms with Crippen LogP contribution in [-0.4, -0.2) is 32.7 Å². The minimum absolute atomic E-state index is 0.125. The van der Waals surface area contributed by atoms with Gasteiger partial charge < -0.3 is 9.84 Å². The molecule has 174 valence electrons. The van der Waals surface area contributed by atoms with Crippen molar-refractivity contribution in [2.45, 2.75) is 12.8 Å². The summed E-state index contributed by atoms with van der Waals surface area (Å²) in [7, 11) is 0. The Morgan fingerprint density at radius 2 is 1.74 bits per heavy atom. The number of hydrogen-bond donors (Lipinski definition) is 1. The molecule has 0 saturated carbocycles. The van der Waals surface area contributed by atoms with Crippen LogP contribution < -0.4 is 4.74 Å². The summed E-state index contributed by atoms with van der Waals surface area (Å²) in [5, 5.41) is 10.7. The van der Waals surface area contributed by atoms with Crippen LogP contribution in [-0.2, 0) is 22.4 Å². The lowest BCUT2D eigenvalue weighted by Gasteiger charge is -2.10. The minimum atomic E-state index is -4.37. The Morgan fingerprint density at radius 1 is 1.06 bits per heavy atom. The zero-order valence-electron chi connectivity index (χ0n) is 17.3. The predicted octanol–water partition coefficient (Wildman–Crippen LogP) is 5.72. The number of carbonyl (C=O) groups is 2. The summed E-state index contributed by atoms with van der Waals surface area (Å²) >= 11 is 6.16. The number of benzene rings is 3. The molecule has 0 aliphatic carbocycles. The summed E-state index contributed by atoms with van der Waals surface area (Å²) in [6.07, 6.45) is -2.71. The topological polar surface area (TPSA) is 66.8 Å². The van der Waals surface area contributed by atoms with Crippen molar-refractivity contribution in [3.8, 4) is 5.75 Å². The molecule has 4 rings (SSSR count). The molecule has 1 heterocycles. The monoisotopic (exact) mass is 503 g/mol. The van der Waals surface area contributed by atoms with E-state index in [0.717, 1.165) is 45.1 Å². The van der Waals surface area contributed by atoms with Crippen LogP contribution in [0.2, 0.25) is 0 Å². The van der Waals surface area contributed by atoms with Gasteiger partial charge in [0.2, 0.25) is 0 Å². The number of thiocarbonyl (C=S) groups is 1. The summed E-state index contributed by atoms with van der Waals surface area (Å²) in [6, 6.07) is 15.8. The molecule has 1 amide bonds. The van der Waals surface area contributed by atoms with Gasteiger partial charge in [-0.3, -0.25) is 14.5 Å². The highest BCUT2D eigenvalue weighted by molar-refractivity contribution is 8.26. The molecular formula is C24H16F3NO4S2. The molecule has 0 aromatic heterocycles. The van der Waals surface area contributed by atoms with E-state index in [1.54, 1.807) is 12.1 Å². The van der Waals surface area contributed by atoms with E-state index in [9.17, 15) is 22.8 Å². The summed E-state index contributed by atoms with van der Waals surface area (Å²) < 4.78 is 44.0. The molecule has 1 N–H and O–H groups in total. The number of carbonyl (C=O) groups excluding carboxylic acids is 1. The summed E-state index contributed by atoms with van der Waals surface area (Å²) in [5.41, 5.74) is 0.659. The maximum absolute atomic E-state index is 12.7. The fraction of sp³-hybridized carbons (Fsp3) is 0.125. The van der Waals surface area contributed by atoms with E-state index in [1.165, 1.54) is 12.1 Å². The third kappa shape index (κ3) is 5.40. The van der Waals surface area contributed by atoms with Crippen LogP contribution in [0.1, 0.15) is 16.7 Å². The average Bonchev–Trinajstić information content (AvgIpc) is 3.04. The highest BCUT2D eigenvalue weighted by Crippen LogP contribution is 2.33. The van der Waals surface area contributed by atoms with Crippen molar-refractivity contribution in [3.05, 3.63) is 82.3 Å². The maximum Gasteiger partial charge on any atom is 0.416 e. The van der Waals surface area contributed by atoms with E-state index in [2.05, 4.69) is 0 Å². The number of carboxylic acid groups (broad SMARTS) is 1. The van der Waals surface area contributed by atoms with Gasteiger partial charge in [-0.25, -0.2) is 0 Å². The van der Waals surface area contributed by atoms with Gasteiger partial charge in [0, 0.05) is 0 Å². The lowest BCUT2D eigenvalue weighted by atomic mass is 10.1. The number of ether oxygens (including phenoxy) is 1. The van der Waals surface area contributed by atoms with Crippen molar-refractivity contribution in [2.75, 3.05) is 6.54 Å². The Kier molecular flexibility index (Phi) is 6.63. The second kappa shape index (κ2) is 9.47. The molecule has 1 aliphatic rings.